The summed E-state index contributed by atoms with van der Waals surface area (Å²) in [5.41, 5.74) is 2.06. The second-order valence-corrected chi connectivity index (χ2v) is 6.22. The average Bonchev–Trinajstić information content (AvgIpc) is 2.67. The Balaban J connectivity index is 2.19. The summed E-state index contributed by atoms with van der Waals surface area (Å²) in [4.78, 5) is 16.2. The summed E-state index contributed by atoms with van der Waals surface area (Å²) in [6.45, 7) is 0.166. The number of benzene rings is 1. The highest BCUT2D eigenvalue weighted by atomic mass is 32.2. The number of thioether (sulfide) groups is 1. The zero-order valence-corrected chi connectivity index (χ0v) is 13.0. The lowest BCUT2D eigenvalue weighted by atomic mass is 10.2. The predicted molar refractivity (Wildman–Crippen MR) is 87.7 cm³/mol. The van der Waals surface area contributed by atoms with Crippen molar-refractivity contribution in [2.45, 2.75) is 0 Å². The van der Waals surface area contributed by atoms with Gasteiger partial charge in [0, 0.05) is 19.8 Å². The Kier molecular flexibility index (Phi) is 4.80. The summed E-state index contributed by atoms with van der Waals surface area (Å²) >= 11 is 6.42. The molecule has 4 nitrogen and oxygen atoms in total. The third-order valence-electron chi connectivity index (χ3n) is 2.90. The zero-order valence-electron chi connectivity index (χ0n) is 11.4. The van der Waals surface area contributed by atoms with Gasteiger partial charge >= 0.3 is 0 Å². The van der Waals surface area contributed by atoms with Crippen LogP contribution in [0.5, 0.6) is 0 Å². The maximum absolute atomic E-state index is 12.1. The minimum Gasteiger partial charge on any atom is -0.395 e. The van der Waals surface area contributed by atoms with E-state index in [0.29, 0.717) is 9.23 Å². The molecular formula is C14H16N2O2S2. The van der Waals surface area contributed by atoms with Crippen LogP contribution in [0.4, 0.5) is 5.69 Å². The molecule has 1 N–H and O–H groups in total. The lowest BCUT2D eigenvalue weighted by molar-refractivity contribution is -0.122. The van der Waals surface area contributed by atoms with E-state index in [-0.39, 0.29) is 19.1 Å². The molecule has 0 atom stereocenters. The standard InChI is InChI=1S/C14H16N2O2S2/c1-15(2)11-5-3-10(4-6-11)9-12-13(18)16(7-8-17)14(19)20-12/h3-6,9,17H,7-8H2,1-2H3/b12-9-. The summed E-state index contributed by atoms with van der Waals surface area (Å²) in [5, 5.41) is 8.93. The van der Waals surface area contributed by atoms with Crippen molar-refractivity contribution in [2.75, 3.05) is 32.1 Å². The van der Waals surface area contributed by atoms with Crippen LogP contribution in [-0.2, 0) is 4.79 Å². The third kappa shape index (κ3) is 3.20. The zero-order chi connectivity index (χ0) is 14.7. The smallest absolute Gasteiger partial charge is 0.266 e. The normalized spacial score (nSPS) is 17.1. The molecule has 2 rings (SSSR count). The van der Waals surface area contributed by atoms with Crippen molar-refractivity contribution in [2.24, 2.45) is 0 Å². The van der Waals surface area contributed by atoms with Crippen LogP contribution in [0.15, 0.2) is 29.2 Å². The first-order valence-electron chi connectivity index (χ1n) is 6.16. The number of thiocarbonyl (C=S) groups is 1. The molecule has 1 aliphatic rings. The van der Waals surface area contributed by atoms with Crippen molar-refractivity contribution >= 4 is 46.0 Å². The highest BCUT2D eigenvalue weighted by molar-refractivity contribution is 8.26. The van der Waals surface area contributed by atoms with Gasteiger partial charge in [-0.3, -0.25) is 9.69 Å². The lowest BCUT2D eigenvalue weighted by Crippen LogP contribution is -2.30. The first kappa shape index (κ1) is 15.0. The monoisotopic (exact) mass is 308 g/mol. The van der Waals surface area contributed by atoms with E-state index in [1.54, 1.807) is 0 Å². The number of aliphatic hydroxyl groups excluding tert-OH is 1. The van der Waals surface area contributed by atoms with E-state index in [1.807, 2.05) is 49.3 Å². The van der Waals surface area contributed by atoms with Crippen molar-refractivity contribution in [1.82, 2.24) is 4.90 Å². The van der Waals surface area contributed by atoms with Crippen molar-refractivity contribution in [3.63, 3.8) is 0 Å². The molecule has 0 aromatic heterocycles. The van der Waals surface area contributed by atoms with Crippen LogP contribution < -0.4 is 4.90 Å². The Hall–Kier alpha value is -1.37. The molecule has 20 heavy (non-hydrogen) atoms. The molecule has 1 aromatic rings. The fourth-order valence-corrected chi connectivity index (χ4v) is 3.12. The summed E-state index contributed by atoms with van der Waals surface area (Å²) in [6.07, 6.45) is 1.83. The van der Waals surface area contributed by atoms with Gasteiger partial charge in [-0.25, -0.2) is 0 Å². The van der Waals surface area contributed by atoms with E-state index in [9.17, 15) is 4.79 Å². The van der Waals surface area contributed by atoms with Gasteiger partial charge in [-0.2, -0.15) is 0 Å². The van der Waals surface area contributed by atoms with E-state index in [1.165, 1.54) is 16.7 Å². The lowest BCUT2D eigenvalue weighted by Gasteiger charge is -2.12. The maximum atomic E-state index is 12.1. The molecule has 1 aliphatic heterocycles. The number of hydrogen-bond donors (Lipinski definition) is 1. The topological polar surface area (TPSA) is 43.8 Å². The van der Waals surface area contributed by atoms with Crippen molar-refractivity contribution < 1.29 is 9.90 Å². The molecule has 0 bridgehead atoms. The van der Waals surface area contributed by atoms with Crippen LogP contribution in [0.1, 0.15) is 5.56 Å². The predicted octanol–water partition coefficient (Wildman–Crippen LogP) is 1.95. The minimum atomic E-state index is -0.134. The number of carbonyl (C=O) groups is 1. The Labute approximate surface area is 128 Å². The van der Waals surface area contributed by atoms with Gasteiger partial charge in [-0.1, -0.05) is 36.1 Å². The number of hydrogen-bond acceptors (Lipinski definition) is 5. The van der Waals surface area contributed by atoms with Crippen molar-refractivity contribution in [3.05, 3.63) is 34.7 Å². The van der Waals surface area contributed by atoms with Crippen LogP contribution >= 0.6 is 24.0 Å². The Morgan fingerprint density at radius 3 is 2.55 bits per heavy atom. The molecule has 1 fully saturated rings. The molecule has 0 aliphatic carbocycles. The highest BCUT2D eigenvalue weighted by Gasteiger charge is 2.31. The average molecular weight is 308 g/mol. The van der Waals surface area contributed by atoms with Crippen molar-refractivity contribution in [3.8, 4) is 0 Å². The summed E-state index contributed by atoms with van der Waals surface area (Å²) in [6, 6.07) is 7.93. The largest absolute Gasteiger partial charge is 0.395 e. The summed E-state index contributed by atoms with van der Waals surface area (Å²) in [7, 11) is 3.96. The quantitative estimate of drug-likeness (QED) is 0.680. The second-order valence-electron chi connectivity index (χ2n) is 4.54. The molecule has 0 unspecified atom stereocenters. The fraction of sp³-hybridized carbons (Fsp3) is 0.286. The molecule has 1 heterocycles. The van der Waals surface area contributed by atoms with Crippen LogP contribution in [0, 0.1) is 0 Å². The van der Waals surface area contributed by atoms with Crippen LogP contribution in [0.25, 0.3) is 6.08 Å². The van der Waals surface area contributed by atoms with E-state index < -0.39 is 0 Å². The number of nitrogens with zero attached hydrogens (tertiary/aromatic N) is 2. The van der Waals surface area contributed by atoms with E-state index >= 15 is 0 Å². The number of β-amino-alcohol motifs (C(OH)–C–C–N with tert-alkyl or cyclic N) is 1. The molecule has 6 heteroatoms. The molecule has 0 spiro atoms. The highest BCUT2D eigenvalue weighted by Crippen LogP contribution is 2.32. The number of carbonyl (C=O) groups excluding carboxylic acids is 1. The Morgan fingerprint density at radius 1 is 1.35 bits per heavy atom. The van der Waals surface area contributed by atoms with Gasteiger partial charge < -0.3 is 10.0 Å². The van der Waals surface area contributed by atoms with E-state index in [4.69, 9.17) is 17.3 Å². The molecule has 0 saturated carbocycles. The minimum absolute atomic E-state index is 0.0861. The van der Waals surface area contributed by atoms with Gasteiger partial charge in [0.05, 0.1) is 18.1 Å². The van der Waals surface area contributed by atoms with Gasteiger partial charge in [0.25, 0.3) is 5.91 Å². The first-order valence-corrected chi connectivity index (χ1v) is 7.39. The van der Waals surface area contributed by atoms with Crippen LogP contribution in [0.2, 0.25) is 0 Å². The first-order chi connectivity index (χ1) is 9.52. The molecule has 0 radical (unpaired) electrons. The van der Waals surface area contributed by atoms with Crippen LogP contribution in [-0.4, -0.2) is 47.5 Å². The SMILES string of the molecule is CN(C)c1ccc(/C=C2\SC(=S)N(CCO)C2=O)cc1. The molecule has 1 amide bonds. The summed E-state index contributed by atoms with van der Waals surface area (Å²) in [5.74, 6) is -0.134. The second kappa shape index (κ2) is 6.39. The van der Waals surface area contributed by atoms with E-state index in [0.717, 1.165) is 11.3 Å². The number of amides is 1. The summed E-state index contributed by atoms with van der Waals surface area (Å²) < 4.78 is 0.500. The van der Waals surface area contributed by atoms with Gasteiger partial charge in [0.2, 0.25) is 0 Å². The molecule has 106 valence electrons. The van der Waals surface area contributed by atoms with Gasteiger partial charge in [-0.05, 0) is 23.8 Å². The number of rotatable bonds is 4. The van der Waals surface area contributed by atoms with Gasteiger partial charge in [0.15, 0.2) is 0 Å². The van der Waals surface area contributed by atoms with Gasteiger partial charge in [0.1, 0.15) is 4.32 Å². The molecule has 1 aromatic carbocycles. The Bertz CT molecular complexity index is 553. The third-order valence-corrected chi connectivity index (χ3v) is 4.28. The molecular weight excluding hydrogens is 292 g/mol. The van der Waals surface area contributed by atoms with Crippen molar-refractivity contribution in [1.29, 1.82) is 0 Å². The van der Waals surface area contributed by atoms with Gasteiger partial charge in [-0.15, -0.1) is 0 Å². The fourth-order valence-electron chi connectivity index (χ4n) is 1.81. The van der Waals surface area contributed by atoms with E-state index in [2.05, 4.69) is 0 Å². The Morgan fingerprint density at radius 2 is 2.00 bits per heavy atom. The maximum Gasteiger partial charge on any atom is 0.266 e. The van der Waals surface area contributed by atoms with Crippen LogP contribution in [0.3, 0.4) is 0 Å². The number of aliphatic hydroxyl groups is 1. The molecule has 1 saturated heterocycles. The number of anilines is 1.